The van der Waals surface area contributed by atoms with Crippen molar-refractivity contribution in [2.75, 3.05) is 13.7 Å². The molecule has 0 spiro atoms. The molecule has 3 aromatic carbocycles. The minimum absolute atomic E-state index is 0. The van der Waals surface area contributed by atoms with E-state index >= 15 is 0 Å². The van der Waals surface area contributed by atoms with Crippen LogP contribution in [-0.2, 0) is 26.6 Å². The Morgan fingerprint density at radius 3 is 2.45 bits per heavy atom. The summed E-state index contributed by atoms with van der Waals surface area (Å²) < 4.78 is 10.9. The first-order chi connectivity index (χ1) is 15.5. The van der Waals surface area contributed by atoms with Crippen molar-refractivity contribution in [3.8, 4) is 11.5 Å². The number of rotatable bonds is 5. The van der Waals surface area contributed by atoms with Gasteiger partial charge in [-0.3, -0.25) is 4.99 Å². The predicted octanol–water partition coefficient (Wildman–Crippen LogP) is 2.79. The van der Waals surface area contributed by atoms with Crippen LogP contribution in [0.1, 0.15) is 29.7 Å². The monoisotopic (exact) mass is 493 g/mol. The third-order valence-electron chi connectivity index (χ3n) is 4.54. The zero-order chi connectivity index (χ0) is 22.9. The predicted molar refractivity (Wildman–Crippen MR) is 118 cm³/mol. The number of aliphatic carboxylic acids is 1. The quantitative estimate of drug-likeness (QED) is 0.401. The number of nitrogens with zero attached hydrogens (tertiary/aromatic N) is 2. The van der Waals surface area contributed by atoms with Gasteiger partial charge in [0.1, 0.15) is 18.4 Å². The third kappa shape index (κ3) is 6.94. The molecule has 0 aliphatic carbocycles. The van der Waals surface area contributed by atoms with Gasteiger partial charge in [-0.25, -0.2) is 4.99 Å². The summed E-state index contributed by atoms with van der Waals surface area (Å²) >= 11 is 0. The summed E-state index contributed by atoms with van der Waals surface area (Å²) in [6, 6.07) is 22.8. The molecule has 8 heteroatoms. The number of carbonyl (C=O) groups is 1. The molecule has 1 atom stereocenters. The summed E-state index contributed by atoms with van der Waals surface area (Å²) in [6.45, 7) is 1.47. The second-order valence-electron chi connectivity index (χ2n) is 6.82. The molecule has 1 aliphatic heterocycles. The van der Waals surface area contributed by atoms with Gasteiger partial charge in [0.25, 0.3) is 0 Å². The molecular weight excluding hydrogens is 472 g/mol. The van der Waals surface area contributed by atoms with Crippen LogP contribution in [0.25, 0.3) is 0 Å². The van der Waals surface area contributed by atoms with Gasteiger partial charge < -0.3 is 24.5 Å². The van der Waals surface area contributed by atoms with Crippen molar-refractivity contribution in [2.45, 2.75) is 13.0 Å². The number of hydrogen-bond acceptors (Lipinski definition) is 7. The minimum atomic E-state index is -1.08. The van der Waals surface area contributed by atoms with Gasteiger partial charge in [0.05, 0.1) is 18.4 Å². The van der Waals surface area contributed by atoms with Gasteiger partial charge in [-0.1, -0.05) is 60.3 Å². The van der Waals surface area contributed by atoms with Gasteiger partial charge in [-0.05, 0) is 36.2 Å². The Balaban J connectivity index is 0.000000714. The average Bonchev–Trinajstić information content (AvgIpc) is 3.29. The van der Waals surface area contributed by atoms with Crippen LogP contribution < -0.4 is 14.9 Å². The molecule has 173 valence electrons. The number of ether oxygens (including phenoxy) is 2. The first kappa shape index (κ1) is 25.6. The fourth-order valence-corrected chi connectivity index (χ4v) is 3.07. The molecule has 0 N–H and O–H groups in total. The molecule has 0 saturated heterocycles. The molecule has 33 heavy (non-hydrogen) atoms. The summed E-state index contributed by atoms with van der Waals surface area (Å²) in [5, 5.41) is 21.2. The molecule has 0 bridgehead atoms. The maximum absolute atomic E-state index is 12.3. The molecule has 0 amide bonds. The SMILES string of the molecule is CC(=O)[O-].COc1cccc(C=Nc2ccccc2C2=N[C@@H](c3ccccc3)CO2)c1[O-].[Cu+2]. The summed E-state index contributed by atoms with van der Waals surface area (Å²) in [6.07, 6.45) is 1.55. The Morgan fingerprint density at radius 2 is 1.76 bits per heavy atom. The molecule has 1 heterocycles. The van der Waals surface area contributed by atoms with Gasteiger partial charge in [-0.2, -0.15) is 0 Å². The Hall–Kier alpha value is -3.61. The van der Waals surface area contributed by atoms with E-state index in [9.17, 15) is 5.11 Å². The standard InChI is InChI=1S/C23H20N2O3.C2H4O2.Cu/c1-27-21-13-7-10-17(22(21)26)14-24-19-12-6-5-11-18(19)23-25-20(15-28-23)16-8-3-2-4-9-16;1-2(3)4;/h2-14,20,26H,15H2,1H3;1H3,(H,3,4);/q;;+2/p-2/t20-;;/m1../s1. The number of para-hydroxylation sites is 2. The second-order valence-corrected chi connectivity index (χ2v) is 6.82. The van der Waals surface area contributed by atoms with E-state index in [0.29, 0.717) is 29.5 Å². The number of hydrogen-bond donors (Lipinski definition) is 0. The number of carbonyl (C=O) groups excluding carboxylic acids is 1. The van der Waals surface area contributed by atoms with Crippen molar-refractivity contribution in [2.24, 2.45) is 9.98 Å². The maximum atomic E-state index is 12.3. The van der Waals surface area contributed by atoms with Crippen LogP contribution in [-0.4, -0.2) is 31.8 Å². The molecule has 0 fully saturated rings. The normalized spacial score (nSPS) is 14.4. The van der Waals surface area contributed by atoms with Crippen molar-refractivity contribution in [1.82, 2.24) is 0 Å². The Labute approximate surface area is 202 Å². The first-order valence-corrected chi connectivity index (χ1v) is 9.90. The third-order valence-corrected chi connectivity index (χ3v) is 4.54. The fourth-order valence-electron chi connectivity index (χ4n) is 3.07. The van der Waals surface area contributed by atoms with Crippen molar-refractivity contribution in [3.05, 3.63) is 89.5 Å². The Morgan fingerprint density at radius 1 is 1.09 bits per heavy atom. The van der Waals surface area contributed by atoms with Crippen molar-refractivity contribution in [1.29, 1.82) is 0 Å². The van der Waals surface area contributed by atoms with Crippen LogP contribution >= 0.6 is 0 Å². The zero-order valence-electron chi connectivity index (χ0n) is 18.0. The number of aliphatic imine (C=N–C) groups is 2. The number of carboxylic acid groups (broad SMARTS) is 1. The maximum Gasteiger partial charge on any atom is 2.00 e. The summed E-state index contributed by atoms with van der Waals surface area (Å²) in [4.78, 5) is 18.1. The molecule has 4 rings (SSSR count). The number of benzene rings is 3. The van der Waals surface area contributed by atoms with Crippen molar-refractivity contribution < 1.29 is 41.5 Å². The van der Waals surface area contributed by atoms with Gasteiger partial charge in [0.2, 0.25) is 5.90 Å². The topological polar surface area (TPSA) is 106 Å². The van der Waals surface area contributed by atoms with Crippen molar-refractivity contribution in [3.63, 3.8) is 0 Å². The minimum Gasteiger partial charge on any atom is -0.870 e. The van der Waals surface area contributed by atoms with Crippen LogP contribution in [0, 0.1) is 0 Å². The van der Waals surface area contributed by atoms with E-state index in [1.807, 2.05) is 54.6 Å². The van der Waals surface area contributed by atoms with Crippen LogP contribution in [0.5, 0.6) is 11.5 Å². The van der Waals surface area contributed by atoms with Gasteiger partial charge in [0.15, 0.2) is 0 Å². The number of carboxylic acids is 1. The van der Waals surface area contributed by atoms with E-state index in [0.717, 1.165) is 18.1 Å². The molecule has 7 nitrogen and oxygen atoms in total. The molecule has 1 aliphatic rings. The van der Waals surface area contributed by atoms with E-state index in [2.05, 4.69) is 4.99 Å². The van der Waals surface area contributed by atoms with E-state index in [1.165, 1.54) is 7.11 Å². The van der Waals surface area contributed by atoms with Crippen LogP contribution in [0.4, 0.5) is 5.69 Å². The van der Waals surface area contributed by atoms with E-state index in [1.54, 1.807) is 24.4 Å². The summed E-state index contributed by atoms with van der Waals surface area (Å²) in [7, 11) is 1.48. The largest absolute Gasteiger partial charge is 2.00 e. The first-order valence-electron chi connectivity index (χ1n) is 9.90. The molecule has 0 saturated carbocycles. The average molecular weight is 494 g/mol. The molecule has 0 unspecified atom stereocenters. The van der Waals surface area contributed by atoms with E-state index in [-0.39, 0.29) is 28.9 Å². The van der Waals surface area contributed by atoms with E-state index < -0.39 is 5.97 Å². The van der Waals surface area contributed by atoms with E-state index in [4.69, 9.17) is 24.4 Å². The summed E-state index contributed by atoms with van der Waals surface area (Å²) in [5.41, 5.74) is 3.07. The second kappa shape index (κ2) is 12.4. The van der Waals surface area contributed by atoms with Gasteiger partial charge >= 0.3 is 17.1 Å². The molecule has 1 radical (unpaired) electrons. The fraction of sp³-hybridized carbons (Fsp3) is 0.160. The zero-order valence-corrected chi connectivity index (χ0v) is 19.0. The summed E-state index contributed by atoms with van der Waals surface area (Å²) in [5.74, 6) is -0.411. The molecular formula is C25H22CuN2O5. The molecule has 3 aromatic rings. The van der Waals surface area contributed by atoms with Crippen LogP contribution in [0.2, 0.25) is 0 Å². The Kier molecular flexibility index (Phi) is 9.66. The van der Waals surface area contributed by atoms with Gasteiger partial charge in [0, 0.05) is 12.2 Å². The van der Waals surface area contributed by atoms with Crippen molar-refractivity contribution >= 4 is 23.8 Å². The molecule has 0 aromatic heterocycles. The number of methoxy groups -OCH3 is 1. The smallest absolute Gasteiger partial charge is 0.870 e. The Bertz CT molecular complexity index is 1130. The van der Waals surface area contributed by atoms with Gasteiger partial charge in [-0.15, -0.1) is 0 Å². The van der Waals surface area contributed by atoms with Crippen LogP contribution in [0.3, 0.4) is 0 Å². The van der Waals surface area contributed by atoms with Crippen LogP contribution in [0.15, 0.2) is 82.8 Å².